The molecule has 3 fully saturated rings. The summed E-state index contributed by atoms with van der Waals surface area (Å²) in [5.74, 6) is 0.421. The van der Waals surface area contributed by atoms with Crippen molar-refractivity contribution >= 4 is 28.6 Å². The number of hydrogen-bond acceptors (Lipinski definition) is 5. The molecule has 3 saturated carbocycles. The Balaban J connectivity index is 1.75. The van der Waals surface area contributed by atoms with Crippen LogP contribution in [0.5, 0.6) is 0 Å². The molecule has 0 spiro atoms. The Kier molecular flexibility index (Phi) is 5.74. The highest BCUT2D eigenvalue weighted by Crippen LogP contribution is 2.70. The number of carboxylic acid groups (broad SMARTS) is 1. The Morgan fingerprint density at radius 1 is 1.16 bits per heavy atom. The number of aliphatic carboxylic acids is 1. The number of aliphatic hydroxyl groups is 1. The van der Waals surface area contributed by atoms with Gasteiger partial charge in [0.1, 0.15) is 0 Å². The normalized spacial score (nSPS) is 46.5. The summed E-state index contributed by atoms with van der Waals surface area (Å²) >= 11 is 1.42. The average Bonchev–Trinajstić information content (AvgIpc) is 2.96. The van der Waals surface area contributed by atoms with E-state index in [2.05, 4.69) is 20.8 Å². The molecule has 0 aliphatic heterocycles. The van der Waals surface area contributed by atoms with Gasteiger partial charge >= 0.3 is 5.97 Å². The van der Waals surface area contributed by atoms with Gasteiger partial charge < -0.3 is 10.2 Å². The summed E-state index contributed by atoms with van der Waals surface area (Å²) in [5, 5.41) is 21.1. The van der Waals surface area contributed by atoms with Crippen molar-refractivity contribution in [1.82, 2.24) is 0 Å². The molecule has 0 aromatic rings. The van der Waals surface area contributed by atoms with Crippen LogP contribution in [0.2, 0.25) is 0 Å². The van der Waals surface area contributed by atoms with Crippen LogP contribution >= 0.6 is 11.8 Å². The fourth-order valence-electron chi connectivity index (χ4n) is 8.10. The molecule has 5 nitrogen and oxygen atoms in total. The lowest BCUT2D eigenvalue weighted by atomic mass is 9.44. The third kappa shape index (κ3) is 3.43. The standard InChI is InChI=1S/C25H36O5S/c1-14-19-13-16(27)5-9-23(19,3)17-6-10-24(4)18(21(17)22(14)31-15(2)26)7-11-25(24,30)12-8-20(28)29/h13-14,17-18,21-22,30H,5-12H2,1-4H3,(H,28,29)/t14?,17-,18+,21-,22?,23-,24+,25?/m1/s1. The zero-order chi connectivity index (χ0) is 22.8. The molecule has 0 aromatic carbocycles. The van der Waals surface area contributed by atoms with E-state index in [1.54, 1.807) is 6.92 Å². The van der Waals surface area contributed by atoms with Crippen molar-refractivity contribution in [3.63, 3.8) is 0 Å². The van der Waals surface area contributed by atoms with Crippen molar-refractivity contribution in [3.05, 3.63) is 11.6 Å². The molecule has 172 valence electrons. The summed E-state index contributed by atoms with van der Waals surface area (Å²) in [5.41, 5.74) is -0.0999. The minimum absolute atomic E-state index is 0.0123. The van der Waals surface area contributed by atoms with E-state index in [-0.39, 0.29) is 51.2 Å². The first-order chi connectivity index (χ1) is 14.4. The zero-order valence-electron chi connectivity index (χ0n) is 19.1. The Morgan fingerprint density at radius 2 is 1.84 bits per heavy atom. The second kappa shape index (κ2) is 7.72. The van der Waals surface area contributed by atoms with Gasteiger partial charge in [-0.1, -0.05) is 38.1 Å². The van der Waals surface area contributed by atoms with Gasteiger partial charge in [-0.2, -0.15) is 0 Å². The van der Waals surface area contributed by atoms with Crippen molar-refractivity contribution in [1.29, 1.82) is 0 Å². The third-order valence-electron chi connectivity index (χ3n) is 9.76. The lowest BCUT2D eigenvalue weighted by Crippen LogP contribution is -2.59. The van der Waals surface area contributed by atoms with E-state index in [4.69, 9.17) is 0 Å². The average molecular weight is 449 g/mol. The first-order valence-electron chi connectivity index (χ1n) is 11.8. The van der Waals surface area contributed by atoms with Crippen LogP contribution in [0.15, 0.2) is 11.6 Å². The van der Waals surface area contributed by atoms with Gasteiger partial charge in [-0.15, -0.1) is 0 Å². The topological polar surface area (TPSA) is 91.7 Å². The quantitative estimate of drug-likeness (QED) is 0.652. The Labute approximate surface area is 189 Å². The smallest absolute Gasteiger partial charge is 0.303 e. The van der Waals surface area contributed by atoms with Crippen molar-refractivity contribution < 1.29 is 24.6 Å². The molecule has 4 aliphatic carbocycles. The number of hydrogen-bond donors (Lipinski definition) is 2. The highest BCUT2D eigenvalue weighted by atomic mass is 32.2. The molecule has 0 aromatic heterocycles. The molecule has 6 heteroatoms. The van der Waals surface area contributed by atoms with Gasteiger partial charge in [0, 0.05) is 25.0 Å². The maximum absolute atomic E-state index is 12.3. The summed E-state index contributed by atoms with van der Waals surface area (Å²) in [6, 6.07) is 0. The van der Waals surface area contributed by atoms with Crippen molar-refractivity contribution in [2.75, 3.05) is 0 Å². The van der Waals surface area contributed by atoms with E-state index in [1.165, 1.54) is 17.3 Å². The van der Waals surface area contributed by atoms with Gasteiger partial charge in [0.2, 0.25) is 0 Å². The SMILES string of the molecule is CC(=O)SC1C(C)C2=CC(=O)CC[C@]2(C)[C@@H]2CC[C@@]3(C)[C@@H](CCC3(O)CCC(=O)O)[C@H]12. The fourth-order valence-corrected chi connectivity index (χ4v) is 9.37. The van der Waals surface area contributed by atoms with Crippen molar-refractivity contribution in [2.24, 2.45) is 34.5 Å². The van der Waals surface area contributed by atoms with Crippen LogP contribution in [-0.4, -0.2) is 37.9 Å². The van der Waals surface area contributed by atoms with Gasteiger partial charge in [-0.3, -0.25) is 14.4 Å². The molecule has 8 atom stereocenters. The van der Waals surface area contributed by atoms with E-state index >= 15 is 0 Å². The summed E-state index contributed by atoms with van der Waals surface area (Å²) in [6.07, 6.45) is 6.96. The van der Waals surface area contributed by atoms with Gasteiger partial charge in [-0.25, -0.2) is 0 Å². The summed E-state index contributed by atoms with van der Waals surface area (Å²) in [4.78, 5) is 35.8. The molecule has 3 unspecified atom stereocenters. The van der Waals surface area contributed by atoms with E-state index < -0.39 is 11.6 Å². The van der Waals surface area contributed by atoms with Crippen LogP contribution in [0.4, 0.5) is 0 Å². The predicted octanol–water partition coefficient (Wildman–Crippen LogP) is 4.62. The lowest BCUT2D eigenvalue weighted by molar-refractivity contribution is -0.147. The lowest BCUT2D eigenvalue weighted by Gasteiger charge is -2.62. The van der Waals surface area contributed by atoms with Crippen LogP contribution < -0.4 is 0 Å². The maximum atomic E-state index is 12.3. The number of ketones is 1. The van der Waals surface area contributed by atoms with E-state index in [9.17, 15) is 24.6 Å². The molecule has 2 N–H and O–H groups in total. The van der Waals surface area contributed by atoms with Crippen LogP contribution in [0.3, 0.4) is 0 Å². The summed E-state index contributed by atoms with van der Waals surface area (Å²) in [7, 11) is 0. The van der Waals surface area contributed by atoms with E-state index in [1.807, 2.05) is 6.08 Å². The highest BCUT2D eigenvalue weighted by Gasteiger charge is 2.66. The van der Waals surface area contributed by atoms with E-state index in [0.717, 1.165) is 25.7 Å². The van der Waals surface area contributed by atoms with Crippen molar-refractivity contribution in [2.45, 2.75) is 89.9 Å². The molecule has 4 aliphatic rings. The Bertz CT molecular complexity index is 836. The van der Waals surface area contributed by atoms with Gasteiger partial charge in [0.25, 0.3) is 0 Å². The van der Waals surface area contributed by atoms with Crippen LogP contribution in [0.1, 0.15) is 79.1 Å². The zero-order valence-corrected chi connectivity index (χ0v) is 20.0. The molecule has 0 heterocycles. The third-order valence-corrected chi connectivity index (χ3v) is 11.1. The van der Waals surface area contributed by atoms with E-state index in [0.29, 0.717) is 25.2 Å². The van der Waals surface area contributed by atoms with Crippen LogP contribution in [-0.2, 0) is 14.4 Å². The largest absolute Gasteiger partial charge is 0.481 e. The number of carbonyl (C=O) groups is 3. The van der Waals surface area contributed by atoms with Crippen molar-refractivity contribution in [3.8, 4) is 0 Å². The number of fused-ring (bicyclic) bond motifs is 5. The summed E-state index contributed by atoms with van der Waals surface area (Å²) < 4.78 is 0. The minimum atomic E-state index is -0.963. The number of carboxylic acids is 1. The first-order valence-corrected chi connectivity index (χ1v) is 12.7. The minimum Gasteiger partial charge on any atom is -0.481 e. The fraction of sp³-hybridized carbons (Fsp3) is 0.800. The maximum Gasteiger partial charge on any atom is 0.303 e. The Hall–Kier alpha value is -1.14. The molecule has 0 saturated heterocycles. The summed E-state index contributed by atoms with van der Waals surface area (Å²) in [6.45, 7) is 8.29. The second-order valence-corrected chi connectivity index (χ2v) is 12.4. The molecule has 0 amide bonds. The molecule has 4 rings (SSSR count). The van der Waals surface area contributed by atoms with Gasteiger partial charge in [0.05, 0.1) is 5.60 Å². The highest BCUT2D eigenvalue weighted by molar-refractivity contribution is 8.14. The molecule has 0 radical (unpaired) electrons. The van der Waals surface area contributed by atoms with Crippen LogP contribution in [0.25, 0.3) is 0 Å². The second-order valence-electron chi connectivity index (χ2n) is 11.1. The Morgan fingerprint density at radius 3 is 2.48 bits per heavy atom. The first kappa shape index (κ1) is 23.0. The number of allylic oxidation sites excluding steroid dienone is 1. The molecular formula is C25H36O5S. The number of rotatable bonds is 4. The monoisotopic (exact) mass is 448 g/mol. The predicted molar refractivity (Wildman–Crippen MR) is 121 cm³/mol. The number of carbonyl (C=O) groups excluding carboxylic acids is 2. The molecule has 0 bridgehead atoms. The molecular weight excluding hydrogens is 412 g/mol. The van der Waals surface area contributed by atoms with Gasteiger partial charge in [0.15, 0.2) is 10.9 Å². The van der Waals surface area contributed by atoms with Gasteiger partial charge in [-0.05, 0) is 79.1 Å². The molecule has 31 heavy (non-hydrogen) atoms. The van der Waals surface area contributed by atoms with Crippen LogP contribution in [0, 0.1) is 34.5 Å². The number of thioether (sulfide) groups is 1.